The van der Waals surface area contributed by atoms with E-state index in [1.54, 1.807) is 6.07 Å². The van der Waals surface area contributed by atoms with Crippen molar-refractivity contribution in [2.24, 2.45) is 5.73 Å². The van der Waals surface area contributed by atoms with Crippen LogP contribution in [0, 0.1) is 17.7 Å². The summed E-state index contributed by atoms with van der Waals surface area (Å²) in [5, 5.41) is 0. The van der Waals surface area contributed by atoms with Crippen LogP contribution in [0.5, 0.6) is 5.75 Å². The quantitative estimate of drug-likeness (QED) is 0.851. The van der Waals surface area contributed by atoms with Crippen LogP contribution < -0.4 is 10.5 Å². The number of hydrogen-bond donors (Lipinski definition) is 1. The molecular formula is C17H20FNO2. The Labute approximate surface area is 124 Å². The van der Waals surface area contributed by atoms with Crippen molar-refractivity contribution >= 4 is 0 Å². The van der Waals surface area contributed by atoms with E-state index in [9.17, 15) is 4.39 Å². The van der Waals surface area contributed by atoms with Gasteiger partial charge in [0, 0.05) is 12.8 Å². The van der Waals surface area contributed by atoms with Gasteiger partial charge in [-0.25, -0.2) is 4.39 Å². The highest BCUT2D eigenvalue weighted by Crippen LogP contribution is 2.43. The van der Waals surface area contributed by atoms with E-state index in [1.807, 2.05) is 0 Å². The van der Waals surface area contributed by atoms with Crippen molar-refractivity contribution in [3.8, 4) is 17.6 Å². The third-order valence-electron chi connectivity index (χ3n) is 4.27. The van der Waals surface area contributed by atoms with Crippen LogP contribution in [0.2, 0.25) is 0 Å². The van der Waals surface area contributed by atoms with Crippen LogP contribution in [0.15, 0.2) is 18.2 Å². The highest BCUT2D eigenvalue weighted by Gasteiger charge is 2.43. The van der Waals surface area contributed by atoms with Crippen molar-refractivity contribution in [3.05, 3.63) is 29.6 Å². The van der Waals surface area contributed by atoms with Crippen molar-refractivity contribution in [3.63, 3.8) is 0 Å². The van der Waals surface area contributed by atoms with Crippen molar-refractivity contribution in [2.75, 3.05) is 13.2 Å². The zero-order chi connectivity index (χ0) is 14.7. The molecule has 2 N–H and O–H groups in total. The van der Waals surface area contributed by atoms with Crippen LogP contribution in [0.1, 0.15) is 37.7 Å². The summed E-state index contributed by atoms with van der Waals surface area (Å²) in [6.45, 7) is 0.978. The number of hydrogen-bond acceptors (Lipinski definition) is 3. The maximum Gasteiger partial charge on any atom is 0.135 e. The lowest BCUT2D eigenvalue weighted by atomic mass is 9.74. The van der Waals surface area contributed by atoms with Crippen LogP contribution in [-0.2, 0) is 4.74 Å². The van der Waals surface area contributed by atoms with E-state index >= 15 is 0 Å². The minimum atomic E-state index is -0.314. The summed E-state index contributed by atoms with van der Waals surface area (Å²) in [5.41, 5.74) is 5.98. The molecule has 1 aliphatic heterocycles. The molecule has 1 aliphatic carbocycles. The first kappa shape index (κ1) is 14.4. The van der Waals surface area contributed by atoms with Crippen LogP contribution in [0.25, 0.3) is 0 Å². The largest absolute Gasteiger partial charge is 0.489 e. The lowest BCUT2D eigenvalue weighted by Gasteiger charge is -2.46. The Hall–Kier alpha value is -1.57. The smallest absolute Gasteiger partial charge is 0.135 e. The Morgan fingerprint density at radius 1 is 1.43 bits per heavy atom. The van der Waals surface area contributed by atoms with Gasteiger partial charge in [-0.05, 0) is 37.5 Å². The zero-order valence-electron chi connectivity index (χ0n) is 12.0. The summed E-state index contributed by atoms with van der Waals surface area (Å²) in [7, 11) is 0. The summed E-state index contributed by atoms with van der Waals surface area (Å²) >= 11 is 0. The number of benzene rings is 1. The number of rotatable bonds is 2. The standard InChI is InChI=1S/C17H20FNO2/c18-14-4-5-16(13(11-14)3-1-9-19)21-15-6-10-20-17(12-15)7-2-8-17/h4-5,11,15H,2,6-10,12,19H2. The molecule has 1 heterocycles. The Balaban J connectivity index is 1.74. The van der Waals surface area contributed by atoms with E-state index in [0.717, 1.165) is 32.3 Å². The van der Waals surface area contributed by atoms with E-state index in [0.29, 0.717) is 11.3 Å². The first-order valence-electron chi connectivity index (χ1n) is 7.50. The van der Waals surface area contributed by atoms with Gasteiger partial charge in [0.05, 0.1) is 24.3 Å². The van der Waals surface area contributed by atoms with Crippen molar-refractivity contribution < 1.29 is 13.9 Å². The number of ether oxygens (including phenoxy) is 2. The predicted molar refractivity (Wildman–Crippen MR) is 78.5 cm³/mol. The second-order valence-electron chi connectivity index (χ2n) is 5.76. The fourth-order valence-electron chi connectivity index (χ4n) is 3.03. The molecule has 1 saturated heterocycles. The molecule has 0 radical (unpaired) electrons. The molecule has 21 heavy (non-hydrogen) atoms. The Bertz CT molecular complexity index is 572. The average molecular weight is 289 g/mol. The van der Waals surface area contributed by atoms with Crippen molar-refractivity contribution in [1.29, 1.82) is 0 Å². The molecular weight excluding hydrogens is 269 g/mol. The maximum absolute atomic E-state index is 13.4. The summed E-state index contributed by atoms with van der Waals surface area (Å²) < 4.78 is 25.3. The molecule has 3 nitrogen and oxygen atoms in total. The molecule has 2 aliphatic rings. The molecule has 3 rings (SSSR count). The highest BCUT2D eigenvalue weighted by atomic mass is 19.1. The van der Waals surface area contributed by atoms with Gasteiger partial charge < -0.3 is 15.2 Å². The van der Waals surface area contributed by atoms with Crippen LogP contribution >= 0.6 is 0 Å². The van der Waals surface area contributed by atoms with E-state index in [2.05, 4.69) is 11.8 Å². The Kier molecular flexibility index (Phi) is 4.14. The second-order valence-corrected chi connectivity index (χ2v) is 5.76. The zero-order valence-corrected chi connectivity index (χ0v) is 12.0. The van der Waals surface area contributed by atoms with Crippen LogP contribution in [0.4, 0.5) is 4.39 Å². The minimum Gasteiger partial charge on any atom is -0.489 e. The van der Waals surface area contributed by atoms with Crippen molar-refractivity contribution in [1.82, 2.24) is 0 Å². The van der Waals surface area contributed by atoms with Gasteiger partial charge in [0.25, 0.3) is 0 Å². The molecule has 0 aromatic heterocycles. The van der Waals surface area contributed by atoms with Gasteiger partial charge in [0.1, 0.15) is 17.7 Å². The van der Waals surface area contributed by atoms with Gasteiger partial charge in [-0.3, -0.25) is 0 Å². The molecule has 0 amide bonds. The lowest BCUT2D eigenvalue weighted by Crippen LogP contribution is -2.48. The first-order valence-corrected chi connectivity index (χ1v) is 7.50. The monoisotopic (exact) mass is 289 g/mol. The average Bonchev–Trinajstić information content (AvgIpc) is 2.46. The second kappa shape index (κ2) is 6.05. The molecule has 1 saturated carbocycles. The summed E-state index contributed by atoms with van der Waals surface area (Å²) in [5.74, 6) is 5.96. The fraction of sp³-hybridized carbons (Fsp3) is 0.529. The first-order chi connectivity index (χ1) is 10.2. The molecule has 1 atom stereocenters. The van der Waals surface area contributed by atoms with Gasteiger partial charge in [0.2, 0.25) is 0 Å². The normalized spacial score (nSPS) is 23.0. The minimum absolute atomic E-state index is 0.0338. The molecule has 1 spiro atoms. The predicted octanol–water partition coefficient (Wildman–Crippen LogP) is 2.62. The highest BCUT2D eigenvalue weighted by molar-refractivity contribution is 5.46. The van der Waals surface area contributed by atoms with E-state index in [-0.39, 0.29) is 24.1 Å². The molecule has 1 unspecified atom stereocenters. The van der Waals surface area contributed by atoms with Crippen LogP contribution in [0.3, 0.4) is 0 Å². The van der Waals surface area contributed by atoms with E-state index < -0.39 is 0 Å². The van der Waals surface area contributed by atoms with Gasteiger partial charge in [-0.1, -0.05) is 11.8 Å². The molecule has 1 aromatic rings. The molecule has 1 aromatic carbocycles. The summed E-state index contributed by atoms with van der Waals surface area (Å²) in [4.78, 5) is 0. The Morgan fingerprint density at radius 3 is 3.00 bits per heavy atom. The summed E-state index contributed by atoms with van der Waals surface area (Å²) in [6, 6.07) is 4.45. The van der Waals surface area contributed by atoms with Crippen molar-refractivity contribution in [2.45, 2.75) is 43.8 Å². The van der Waals surface area contributed by atoms with Gasteiger partial charge in [-0.2, -0.15) is 0 Å². The van der Waals surface area contributed by atoms with Gasteiger partial charge >= 0.3 is 0 Å². The topological polar surface area (TPSA) is 44.5 Å². The molecule has 4 heteroatoms. The fourth-order valence-corrected chi connectivity index (χ4v) is 3.03. The maximum atomic E-state index is 13.4. The number of halogens is 1. The van der Waals surface area contributed by atoms with E-state index in [1.165, 1.54) is 18.6 Å². The van der Waals surface area contributed by atoms with Crippen LogP contribution in [-0.4, -0.2) is 24.9 Å². The third kappa shape index (κ3) is 3.20. The Morgan fingerprint density at radius 2 is 2.29 bits per heavy atom. The van der Waals surface area contributed by atoms with Gasteiger partial charge in [0.15, 0.2) is 0 Å². The lowest BCUT2D eigenvalue weighted by molar-refractivity contribution is -0.153. The molecule has 0 bridgehead atoms. The number of nitrogens with two attached hydrogens (primary N) is 1. The molecule has 2 fully saturated rings. The third-order valence-corrected chi connectivity index (χ3v) is 4.27. The van der Waals surface area contributed by atoms with Gasteiger partial charge in [-0.15, -0.1) is 0 Å². The SMILES string of the molecule is NCC#Cc1cc(F)ccc1OC1CCOC2(CCC2)C1. The summed E-state index contributed by atoms with van der Waals surface area (Å²) in [6.07, 6.45) is 5.36. The molecule has 112 valence electrons. The van der Waals surface area contributed by atoms with E-state index in [4.69, 9.17) is 15.2 Å².